The summed E-state index contributed by atoms with van der Waals surface area (Å²) in [6, 6.07) is 11.8. The van der Waals surface area contributed by atoms with E-state index in [1.807, 2.05) is 32.2 Å². The number of carbonyl (C=O) groups excluding carboxylic acids is 1. The van der Waals surface area contributed by atoms with Crippen LogP contribution in [0.2, 0.25) is 5.02 Å². The summed E-state index contributed by atoms with van der Waals surface area (Å²) in [6.45, 7) is 11.2. The van der Waals surface area contributed by atoms with Crippen molar-refractivity contribution in [1.82, 2.24) is 14.5 Å². The molecule has 2 bridgehead atoms. The molecule has 2 aromatic carbocycles. The second-order valence-corrected chi connectivity index (χ2v) is 19.5. The number of aryl methyl sites for hydroxylation is 1. The predicted molar refractivity (Wildman–Crippen MR) is 220 cm³/mol. The third-order valence-corrected chi connectivity index (χ3v) is 15.9. The molecule has 0 radical (unpaired) electrons. The van der Waals surface area contributed by atoms with E-state index < -0.39 is 26.8 Å². The van der Waals surface area contributed by atoms with Gasteiger partial charge in [0, 0.05) is 83.1 Å². The molecule has 1 amide bonds. The van der Waals surface area contributed by atoms with Crippen LogP contribution < -0.4 is 14.4 Å². The molecule has 1 N–H and O–H groups in total. The van der Waals surface area contributed by atoms with Gasteiger partial charge in [-0.15, -0.1) is 0 Å². The smallest absolute Gasteiger partial charge is 0.264 e. The Morgan fingerprint density at radius 3 is 2.48 bits per heavy atom. The number of nitrogens with zero attached hydrogens (tertiary/aromatic N) is 3. The fourth-order valence-corrected chi connectivity index (χ4v) is 11.6. The average molecular weight is 814 g/mol. The highest BCUT2D eigenvalue weighted by atomic mass is 35.5. The Morgan fingerprint density at radius 2 is 1.79 bits per heavy atom. The van der Waals surface area contributed by atoms with E-state index in [9.17, 15) is 13.2 Å². The van der Waals surface area contributed by atoms with Gasteiger partial charge in [-0.25, -0.2) is 13.1 Å². The molecular formula is C43H61ClN4O7S. The lowest BCUT2D eigenvalue weighted by atomic mass is 9.63. The molecule has 13 heteroatoms. The van der Waals surface area contributed by atoms with Crippen LogP contribution in [0, 0.1) is 17.8 Å². The summed E-state index contributed by atoms with van der Waals surface area (Å²) in [5, 5.41) is -0.0524. The van der Waals surface area contributed by atoms with E-state index in [2.05, 4.69) is 43.7 Å². The molecule has 3 heterocycles. The third-order valence-electron chi connectivity index (χ3n) is 13.7. The standard InChI is InChI=1S/C43H61ClN4O7S/c1-30-8-6-17-43(54-5,28-46-18-20-47(21-19-46)36(25-52-3)26-53-4)38-13-10-34(38)24-48-27-42(16-7-9-32-22-35(44)12-14-37(32)42)29-55-40-15-11-33(23-39(40)48)41(49)45-56(50,51)31(30)2/h6,11-12,14-15,17,22-23,30-31,34,36,38H,7-10,13,16,18-21,24-29H2,1-5H3,(H,45,49)/b17-6-/t30-,31+,34-,38+,42-,43+/m0/s1. The van der Waals surface area contributed by atoms with Gasteiger partial charge in [-0.05, 0) is 105 Å². The van der Waals surface area contributed by atoms with Gasteiger partial charge in [-0.1, -0.05) is 36.7 Å². The maximum atomic E-state index is 13.7. The van der Waals surface area contributed by atoms with Crippen molar-refractivity contribution in [3.8, 4) is 5.75 Å². The first kappa shape index (κ1) is 41.4. The first-order chi connectivity index (χ1) is 26.9. The first-order valence-corrected chi connectivity index (χ1v) is 22.4. The quantitative estimate of drug-likeness (QED) is 0.341. The number of allylic oxidation sites excluding steroid dienone is 1. The third kappa shape index (κ3) is 8.40. The number of piperazine rings is 1. The van der Waals surface area contributed by atoms with Crippen LogP contribution in [0.15, 0.2) is 48.6 Å². The minimum absolute atomic E-state index is 0.212. The second-order valence-electron chi connectivity index (χ2n) is 17.1. The number of ether oxygens (including phenoxy) is 4. The lowest BCUT2D eigenvalue weighted by molar-refractivity contribution is -0.0979. The van der Waals surface area contributed by atoms with E-state index in [-0.39, 0.29) is 23.3 Å². The van der Waals surface area contributed by atoms with E-state index >= 15 is 0 Å². The molecule has 0 unspecified atom stereocenters. The van der Waals surface area contributed by atoms with Crippen LogP contribution in [0.25, 0.3) is 0 Å². The normalized spacial score (nSPS) is 31.8. The van der Waals surface area contributed by atoms with Crippen molar-refractivity contribution in [1.29, 1.82) is 0 Å². The first-order valence-electron chi connectivity index (χ1n) is 20.4. The Bertz CT molecular complexity index is 1850. The topological polar surface area (TPSA) is 110 Å². The van der Waals surface area contributed by atoms with Crippen molar-refractivity contribution in [2.24, 2.45) is 17.8 Å². The van der Waals surface area contributed by atoms with Gasteiger partial charge in [-0.3, -0.25) is 14.6 Å². The number of rotatable bonds is 8. The second kappa shape index (κ2) is 17.3. The molecule has 2 aromatic rings. The van der Waals surface area contributed by atoms with Gasteiger partial charge in [0.1, 0.15) is 11.4 Å². The summed E-state index contributed by atoms with van der Waals surface area (Å²) < 4.78 is 54.2. The molecule has 1 saturated heterocycles. The van der Waals surface area contributed by atoms with Crippen molar-refractivity contribution in [3.05, 3.63) is 70.3 Å². The van der Waals surface area contributed by atoms with Crippen LogP contribution >= 0.6 is 11.6 Å². The van der Waals surface area contributed by atoms with Gasteiger partial charge < -0.3 is 23.8 Å². The fraction of sp³-hybridized carbons (Fsp3) is 0.651. The maximum absolute atomic E-state index is 13.7. The molecule has 7 rings (SSSR count). The lowest BCUT2D eigenvalue weighted by Crippen LogP contribution is -2.60. The van der Waals surface area contributed by atoms with Crippen LogP contribution in [-0.4, -0.2) is 128 Å². The monoisotopic (exact) mass is 812 g/mol. The Kier molecular flexibility index (Phi) is 12.8. The highest BCUT2D eigenvalue weighted by Gasteiger charge is 2.50. The number of sulfonamides is 1. The molecule has 1 saturated carbocycles. The number of methoxy groups -OCH3 is 3. The summed E-state index contributed by atoms with van der Waals surface area (Å²) >= 11 is 6.52. The van der Waals surface area contributed by atoms with Crippen molar-refractivity contribution in [2.75, 3.05) is 91.9 Å². The molecular weight excluding hydrogens is 752 g/mol. The van der Waals surface area contributed by atoms with Crippen molar-refractivity contribution in [2.45, 2.75) is 74.7 Å². The molecule has 1 spiro atoms. The highest BCUT2D eigenvalue weighted by molar-refractivity contribution is 7.90. The minimum atomic E-state index is -3.97. The summed E-state index contributed by atoms with van der Waals surface area (Å²) in [6.07, 6.45) is 9.97. The number of benzene rings is 2. The molecule has 3 aliphatic heterocycles. The molecule has 308 valence electrons. The van der Waals surface area contributed by atoms with Crippen LogP contribution in [0.3, 0.4) is 0 Å². The SMILES string of the molecule is COCC(COC)N1CCN(C[C@]2(OC)/C=C\C[C@H](C)[C@@H](C)S(=O)(=O)NC(=O)c3ccc4c(c3)N(C[C@@H]3CC[C@H]32)C[C@@]2(CCCc3cc(Cl)ccc32)CO4)CC1. The Labute approximate surface area is 339 Å². The molecule has 11 nitrogen and oxygen atoms in total. The Hall–Kier alpha value is -2.71. The number of amides is 1. The number of halogens is 1. The molecule has 5 aliphatic rings. The zero-order valence-electron chi connectivity index (χ0n) is 33.8. The number of hydrogen-bond donors (Lipinski definition) is 1. The largest absolute Gasteiger partial charge is 0.490 e. The molecule has 2 aliphatic carbocycles. The molecule has 2 fully saturated rings. The van der Waals surface area contributed by atoms with Gasteiger partial charge >= 0.3 is 0 Å². The number of nitrogens with one attached hydrogen (secondary N) is 1. The van der Waals surface area contributed by atoms with E-state index in [0.29, 0.717) is 50.0 Å². The zero-order chi connectivity index (χ0) is 39.7. The van der Waals surface area contributed by atoms with Crippen LogP contribution in [-0.2, 0) is 36.1 Å². The zero-order valence-corrected chi connectivity index (χ0v) is 35.4. The molecule has 56 heavy (non-hydrogen) atoms. The van der Waals surface area contributed by atoms with Crippen LogP contribution in [0.4, 0.5) is 5.69 Å². The summed E-state index contributed by atoms with van der Waals surface area (Å²) in [5.74, 6) is 0.387. The lowest BCUT2D eigenvalue weighted by Gasteiger charge is -2.52. The Balaban J connectivity index is 1.25. The van der Waals surface area contributed by atoms with Crippen LogP contribution in [0.1, 0.15) is 67.4 Å². The number of hydrogen-bond acceptors (Lipinski definition) is 10. The molecule has 6 atom stereocenters. The van der Waals surface area contributed by atoms with Gasteiger partial charge in [0.15, 0.2) is 0 Å². The molecule has 0 aromatic heterocycles. The average Bonchev–Trinajstić information content (AvgIpc) is 3.32. The number of carbonyl (C=O) groups is 1. The van der Waals surface area contributed by atoms with Crippen molar-refractivity contribution in [3.63, 3.8) is 0 Å². The van der Waals surface area contributed by atoms with Gasteiger partial charge in [0.25, 0.3) is 5.91 Å². The van der Waals surface area contributed by atoms with Crippen molar-refractivity contribution >= 4 is 33.2 Å². The fourth-order valence-electron chi connectivity index (χ4n) is 10.1. The van der Waals surface area contributed by atoms with E-state index in [1.165, 1.54) is 11.1 Å². The van der Waals surface area contributed by atoms with Gasteiger partial charge in [0.05, 0.1) is 36.8 Å². The Morgan fingerprint density at radius 1 is 1.02 bits per heavy atom. The number of fused-ring (bicyclic) bond motifs is 4. The summed E-state index contributed by atoms with van der Waals surface area (Å²) in [4.78, 5) is 21.1. The highest BCUT2D eigenvalue weighted by Crippen LogP contribution is 2.49. The minimum Gasteiger partial charge on any atom is -0.490 e. The van der Waals surface area contributed by atoms with E-state index in [4.69, 9.17) is 30.5 Å². The summed E-state index contributed by atoms with van der Waals surface area (Å²) in [5.41, 5.74) is 2.81. The summed E-state index contributed by atoms with van der Waals surface area (Å²) in [7, 11) is 1.35. The van der Waals surface area contributed by atoms with Gasteiger partial charge in [0.2, 0.25) is 10.0 Å². The van der Waals surface area contributed by atoms with E-state index in [0.717, 1.165) is 82.1 Å². The maximum Gasteiger partial charge on any atom is 0.264 e. The van der Waals surface area contributed by atoms with Crippen LogP contribution in [0.5, 0.6) is 5.75 Å². The number of anilines is 1. The van der Waals surface area contributed by atoms with Crippen molar-refractivity contribution < 1.29 is 32.2 Å². The van der Waals surface area contributed by atoms with Gasteiger partial charge in [-0.2, -0.15) is 0 Å². The van der Waals surface area contributed by atoms with E-state index in [1.54, 1.807) is 27.2 Å². The predicted octanol–water partition coefficient (Wildman–Crippen LogP) is 5.55.